The molecule has 1 aromatic heterocycles. The number of carbonyl (C=O) groups excluding carboxylic acids is 1. The molecule has 1 aliphatic heterocycles. The van der Waals surface area contributed by atoms with E-state index in [0.29, 0.717) is 23.3 Å². The summed E-state index contributed by atoms with van der Waals surface area (Å²) in [6.07, 6.45) is -3.32. The average Bonchev–Trinajstić information content (AvgIpc) is 3.25. The van der Waals surface area contributed by atoms with Crippen LogP contribution in [0.1, 0.15) is 29.0 Å². The zero-order valence-electron chi connectivity index (χ0n) is 16.9. The minimum atomic E-state index is -4.81. The molecule has 3 aromatic rings. The molecule has 0 bridgehead atoms. The lowest BCUT2D eigenvalue weighted by Gasteiger charge is -2.25. The van der Waals surface area contributed by atoms with Gasteiger partial charge in [-0.2, -0.15) is 0 Å². The maximum atomic E-state index is 13.2. The summed E-state index contributed by atoms with van der Waals surface area (Å²) < 4.78 is 46.7. The molecule has 1 aliphatic rings. The van der Waals surface area contributed by atoms with E-state index in [0.717, 1.165) is 25.0 Å². The molecule has 0 aliphatic carbocycles. The third kappa shape index (κ3) is 5.25. The number of para-hydroxylation sites is 1. The molecule has 1 atom stereocenters. The number of H-pyrrole nitrogens is 1. The molecule has 1 amide bonds. The Bertz CT molecular complexity index is 1160. The average molecular weight is 447 g/mol. The lowest BCUT2D eigenvalue weighted by Crippen LogP contribution is -2.37. The van der Waals surface area contributed by atoms with Crippen molar-refractivity contribution in [3.8, 4) is 5.75 Å². The van der Waals surface area contributed by atoms with Crippen LogP contribution in [0.4, 0.5) is 13.2 Å². The van der Waals surface area contributed by atoms with Gasteiger partial charge in [0.15, 0.2) is 0 Å². The van der Waals surface area contributed by atoms with Gasteiger partial charge in [0.2, 0.25) is 0 Å². The molecule has 4 rings (SSSR count). The molecule has 2 heterocycles. The summed E-state index contributed by atoms with van der Waals surface area (Å²) in [5, 5.41) is 0.438. The summed E-state index contributed by atoms with van der Waals surface area (Å²) in [7, 11) is 0. The monoisotopic (exact) mass is 447 g/mol. The van der Waals surface area contributed by atoms with Crippen LogP contribution >= 0.6 is 0 Å². The zero-order valence-corrected chi connectivity index (χ0v) is 16.9. The van der Waals surface area contributed by atoms with Crippen molar-refractivity contribution in [2.75, 3.05) is 13.2 Å². The number of halogens is 3. The summed E-state index contributed by atoms with van der Waals surface area (Å²) in [5.74, 6) is -0.535. The second kappa shape index (κ2) is 8.99. The van der Waals surface area contributed by atoms with E-state index in [4.69, 9.17) is 4.74 Å². The van der Waals surface area contributed by atoms with E-state index < -0.39 is 18.0 Å². The van der Waals surface area contributed by atoms with Gasteiger partial charge < -0.3 is 19.4 Å². The number of nitrogens with zero attached hydrogens (tertiary/aromatic N) is 2. The molecule has 0 radical (unpaired) electrons. The van der Waals surface area contributed by atoms with Crippen molar-refractivity contribution >= 4 is 16.8 Å². The minimum Gasteiger partial charge on any atom is -0.406 e. The number of aromatic amines is 1. The van der Waals surface area contributed by atoms with Crippen LogP contribution in [0.3, 0.4) is 0 Å². The van der Waals surface area contributed by atoms with E-state index >= 15 is 0 Å². The van der Waals surface area contributed by atoms with Crippen molar-refractivity contribution in [3.63, 3.8) is 0 Å². The van der Waals surface area contributed by atoms with Crippen LogP contribution in [0.25, 0.3) is 10.9 Å². The maximum absolute atomic E-state index is 13.2. The van der Waals surface area contributed by atoms with Gasteiger partial charge in [-0.3, -0.25) is 9.59 Å². The Morgan fingerprint density at radius 1 is 1.19 bits per heavy atom. The van der Waals surface area contributed by atoms with E-state index in [1.807, 2.05) is 0 Å². The minimum absolute atomic E-state index is 0.0135. The first-order valence-electron chi connectivity index (χ1n) is 10.0. The van der Waals surface area contributed by atoms with Gasteiger partial charge in [-0.25, -0.2) is 4.98 Å². The van der Waals surface area contributed by atoms with Crippen molar-refractivity contribution in [1.82, 2.24) is 14.9 Å². The molecule has 32 heavy (non-hydrogen) atoms. The Hall–Kier alpha value is -3.40. The second-order valence-electron chi connectivity index (χ2n) is 7.42. The molecule has 0 saturated carbocycles. The summed E-state index contributed by atoms with van der Waals surface area (Å²) in [4.78, 5) is 34.2. The molecule has 2 aromatic carbocycles. The molecule has 10 heteroatoms. The normalized spacial score (nSPS) is 16.3. The highest BCUT2D eigenvalue weighted by atomic mass is 19.4. The van der Waals surface area contributed by atoms with Crippen LogP contribution in [0.5, 0.6) is 5.75 Å². The van der Waals surface area contributed by atoms with Crippen molar-refractivity contribution in [3.05, 3.63) is 70.3 Å². The Labute approximate surface area is 180 Å². The topological polar surface area (TPSA) is 84.5 Å². The van der Waals surface area contributed by atoms with Gasteiger partial charge >= 0.3 is 6.36 Å². The van der Waals surface area contributed by atoms with E-state index in [-0.39, 0.29) is 30.3 Å². The smallest absolute Gasteiger partial charge is 0.406 e. The van der Waals surface area contributed by atoms with Crippen LogP contribution in [-0.2, 0) is 11.3 Å². The third-order valence-electron chi connectivity index (χ3n) is 5.07. The van der Waals surface area contributed by atoms with Gasteiger partial charge in [0.1, 0.15) is 11.6 Å². The van der Waals surface area contributed by atoms with Crippen LogP contribution in [0.15, 0.2) is 53.3 Å². The molecule has 1 fully saturated rings. The lowest BCUT2D eigenvalue weighted by molar-refractivity contribution is -0.274. The Morgan fingerprint density at radius 2 is 1.94 bits per heavy atom. The van der Waals surface area contributed by atoms with E-state index in [1.165, 1.54) is 17.0 Å². The van der Waals surface area contributed by atoms with Crippen molar-refractivity contribution in [1.29, 1.82) is 0 Å². The third-order valence-corrected chi connectivity index (χ3v) is 5.07. The van der Waals surface area contributed by atoms with Crippen LogP contribution in [-0.4, -0.2) is 46.4 Å². The lowest BCUT2D eigenvalue weighted by atomic mass is 10.1. The fourth-order valence-corrected chi connectivity index (χ4v) is 3.63. The zero-order chi connectivity index (χ0) is 22.7. The summed E-state index contributed by atoms with van der Waals surface area (Å²) in [6.45, 7) is 0.872. The highest BCUT2D eigenvalue weighted by Crippen LogP contribution is 2.24. The second-order valence-corrected chi connectivity index (χ2v) is 7.42. The van der Waals surface area contributed by atoms with Crippen molar-refractivity contribution in [2.24, 2.45) is 0 Å². The van der Waals surface area contributed by atoms with Crippen molar-refractivity contribution in [2.45, 2.75) is 31.9 Å². The molecular formula is C22H20F3N3O4. The number of amides is 1. The Morgan fingerprint density at radius 3 is 2.62 bits per heavy atom. The number of alkyl halides is 3. The number of hydrogen-bond donors (Lipinski definition) is 1. The van der Waals surface area contributed by atoms with Gasteiger partial charge in [0.25, 0.3) is 11.5 Å². The quantitative estimate of drug-likeness (QED) is 0.624. The van der Waals surface area contributed by atoms with Gasteiger partial charge in [0.05, 0.1) is 23.6 Å². The highest BCUT2D eigenvalue weighted by molar-refractivity contribution is 5.94. The molecule has 0 unspecified atom stereocenters. The number of benzene rings is 2. The van der Waals surface area contributed by atoms with Gasteiger partial charge in [-0.15, -0.1) is 13.2 Å². The number of carbonyl (C=O) groups is 1. The highest BCUT2D eigenvalue weighted by Gasteiger charge is 2.31. The summed E-state index contributed by atoms with van der Waals surface area (Å²) in [5.41, 5.74) is 0.369. The molecular weight excluding hydrogens is 427 g/mol. The van der Waals surface area contributed by atoms with Gasteiger partial charge in [0, 0.05) is 18.7 Å². The maximum Gasteiger partial charge on any atom is 0.573 e. The first-order chi connectivity index (χ1) is 15.3. The van der Waals surface area contributed by atoms with E-state index in [2.05, 4.69) is 14.7 Å². The van der Waals surface area contributed by atoms with Crippen molar-refractivity contribution < 1.29 is 27.4 Å². The number of hydrogen-bond acceptors (Lipinski definition) is 5. The Balaban J connectivity index is 1.59. The molecule has 168 valence electrons. The molecule has 1 N–H and O–H groups in total. The molecule has 0 spiro atoms. The number of ether oxygens (including phenoxy) is 2. The van der Waals surface area contributed by atoms with Gasteiger partial charge in [-0.1, -0.05) is 12.1 Å². The summed E-state index contributed by atoms with van der Waals surface area (Å²) in [6, 6.07) is 11.6. The number of aromatic nitrogens is 2. The van der Waals surface area contributed by atoms with Crippen LogP contribution in [0.2, 0.25) is 0 Å². The van der Waals surface area contributed by atoms with Crippen LogP contribution < -0.4 is 10.3 Å². The Kier molecular flexibility index (Phi) is 6.13. The largest absolute Gasteiger partial charge is 0.573 e. The van der Waals surface area contributed by atoms with Crippen LogP contribution in [0, 0.1) is 0 Å². The fourth-order valence-electron chi connectivity index (χ4n) is 3.63. The SMILES string of the molecule is O=C(c1ccc(OC(F)(F)F)cc1)N(Cc1nc2ccccc2c(=O)[nH]1)C[C@@H]1CCCO1. The number of rotatable bonds is 6. The number of fused-ring (bicyclic) bond motifs is 1. The predicted molar refractivity (Wildman–Crippen MR) is 109 cm³/mol. The van der Waals surface area contributed by atoms with E-state index in [9.17, 15) is 22.8 Å². The summed E-state index contributed by atoms with van der Waals surface area (Å²) >= 11 is 0. The molecule has 7 nitrogen and oxygen atoms in total. The predicted octanol–water partition coefficient (Wildman–Crippen LogP) is 3.64. The first-order valence-corrected chi connectivity index (χ1v) is 10.0. The standard InChI is InChI=1S/C22H20F3N3O4/c23-22(24,25)32-15-9-7-14(8-10-15)21(30)28(12-16-4-3-11-31-16)13-19-26-18-6-2-1-5-17(18)20(29)27-19/h1-2,5-10,16H,3-4,11-13H2,(H,26,27,29)/t16-/m0/s1. The van der Waals surface area contributed by atoms with E-state index in [1.54, 1.807) is 24.3 Å². The van der Waals surface area contributed by atoms with Gasteiger partial charge in [-0.05, 0) is 49.2 Å². The molecule has 1 saturated heterocycles. The number of nitrogens with one attached hydrogen (secondary N) is 1. The fraction of sp³-hybridized carbons (Fsp3) is 0.318. The first kappa shape index (κ1) is 21.8.